The van der Waals surface area contributed by atoms with Crippen LogP contribution in [0.4, 0.5) is 0 Å². The third-order valence-corrected chi connectivity index (χ3v) is 3.71. The normalized spacial score (nSPS) is 23.5. The zero-order valence-corrected chi connectivity index (χ0v) is 11.5. The summed E-state index contributed by atoms with van der Waals surface area (Å²) >= 11 is 0. The largest absolute Gasteiger partial charge is 0.334 e. The third kappa shape index (κ3) is 3.32. The van der Waals surface area contributed by atoms with E-state index in [1.54, 1.807) is 0 Å². The molecule has 1 fully saturated rings. The summed E-state index contributed by atoms with van der Waals surface area (Å²) in [5.41, 5.74) is 1.66. The lowest BCUT2D eigenvalue weighted by atomic mass is 9.92. The molecule has 17 heavy (non-hydrogen) atoms. The van der Waals surface area contributed by atoms with Crippen molar-refractivity contribution in [2.24, 2.45) is 5.41 Å². The molecule has 1 aliphatic carbocycles. The van der Waals surface area contributed by atoms with Crippen LogP contribution in [0.15, 0.2) is 12.5 Å². The predicted molar refractivity (Wildman–Crippen MR) is 70.9 cm³/mol. The van der Waals surface area contributed by atoms with Gasteiger partial charge in [-0.3, -0.25) is 0 Å². The summed E-state index contributed by atoms with van der Waals surface area (Å²) in [6.45, 7) is 9.93. The van der Waals surface area contributed by atoms with Gasteiger partial charge in [0.25, 0.3) is 0 Å². The van der Waals surface area contributed by atoms with Crippen LogP contribution in [0.5, 0.6) is 0 Å². The lowest BCUT2D eigenvalue weighted by Crippen LogP contribution is -2.21. The lowest BCUT2D eigenvalue weighted by Gasteiger charge is -2.17. The molecule has 0 bridgehead atoms. The van der Waals surface area contributed by atoms with Crippen LogP contribution in [0.2, 0.25) is 0 Å². The van der Waals surface area contributed by atoms with Crippen LogP contribution in [0, 0.1) is 5.41 Å². The summed E-state index contributed by atoms with van der Waals surface area (Å²) in [6, 6.07) is 1.18. The number of nitrogens with zero attached hydrogens (tertiary/aromatic N) is 2. The maximum absolute atomic E-state index is 4.48. The summed E-state index contributed by atoms with van der Waals surface area (Å²) < 4.78 is 2.31. The van der Waals surface area contributed by atoms with Gasteiger partial charge in [-0.2, -0.15) is 0 Å². The van der Waals surface area contributed by atoms with Crippen molar-refractivity contribution < 1.29 is 0 Å². The highest BCUT2D eigenvalue weighted by Crippen LogP contribution is 2.43. The van der Waals surface area contributed by atoms with Gasteiger partial charge in [0.15, 0.2) is 0 Å². The number of imidazole rings is 1. The van der Waals surface area contributed by atoms with Crippen molar-refractivity contribution in [2.75, 3.05) is 0 Å². The van der Waals surface area contributed by atoms with Crippen LogP contribution in [0.3, 0.4) is 0 Å². The molecule has 1 N–H and O–H groups in total. The van der Waals surface area contributed by atoms with Gasteiger partial charge in [0.05, 0.1) is 12.0 Å². The van der Waals surface area contributed by atoms with Crippen molar-refractivity contribution in [3.63, 3.8) is 0 Å². The highest BCUT2D eigenvalue weighted by Gasteiger charge is 2.31. The second-order valence-electron chi connectivity index (χ2n) is 6.41. The fraction of sp³-hybridized carbons (Fsp3) is 0.786. The van der Waals surface area contributed by atoms with Crippen molar-refractivity contribution in [2.45, 2.75) is 65.6 Å². The molecule has 0 aliphatic heterocycles. The summed E-state index contributed by atoms with van der Waals surface area (Å²) in [6.07, 6.45) is 8.11. The van der Waals surface area contributed by atoms with Gasteiger partial charge < -0.3 is 9.88 Å². The van der Waals surface area contributed by atoms with Crippen molar-refractivity contribution in [3.05, 3.63) is 18.2 Å². The summed E-state index contributed by atoms with van der Waals surface area (Å²) in [5.74, 6) is 0. The monoisotopic (exact) mass is 235 g/mol. The molecule has 1 heterocycles. The van der Waals surface area contributed by atoms with E-state index < -0.39 is 0 Å². The number of rotatable bonds is 4. The van der Waals surface area contributed by atoms with Crippen LogP contribution in [0.1, 0.15) is 58.7 Å². The van der Waals surface area contributed by atoms with Crippen LogP contribution < -0.4 is 5.32 Å². The van der Waals surface area contributed by atoms with Crippen LogP contribution >= 0.6 is 0 Å². The average molecular weight is 235 g/mol. The highest BCUT2D eigenvalue weighted by molar-refractivity contribution is 5.00. The Morgan fingerprint density at radius 3 is 2.88 bits per heavy atom. The Bertz CT molecular complexity index is 365. The Labute approximate surface area is 105 Å². The molecule has 0 saturated heterocycles. The van der Waals surface area contributed by atoms with Crippen molar-refractivity contribution in [1.82, 2.24) is 14.9 Å². The van der Waals surface area contributed by atoms with Crippen molar-refractivity contribution >= 4 is 0 Å². The second kappa shape index (κ2) is 4.81. The Kier molecular flexibility index (Phi) is 3.57. The predicted octanol–water partition coefficient (Wildman–Crippen LogP) is 3.13. The van der Waals surface area contributed by atoms with Crippen molar-refractivity contribution in [1.29, 1.82) is 0 Å². The number of aromatic nitrogens is 2. The molecule has 1 aliphatic rings. The van der Waals surface area contributed by atoms with E-state index in [1.165, 1.54) is 19.3 Å². The summed E-state index contributed by atoms with van der Waals surface area (Å²) in [5, 5.41) is 3.41. The first-order valence-electron chi connectivity index (χ1n) is 6.72. The Hall–Kier alpha value is -0.830. The van der Waals surface area contributed by atoms with Gasteiger partial charge in [-0.15, -0.1) is 0 Å². The van der Waals surface area contributed by atoms with Crippen LogP contribution in [-0.2, 0) is 6.54 Å². The molecule has 0 aromatic carbocycles. The van der Waals surface area contributed by atoms with Crippen molar-refractivity contribution in [3.8, 4) is 0 Å². The van der Waals surface area contributed by atoms with E-state index in [9.17, 15) is 0 Å². The molecule has 2 rings (SSSR count). The number of hydrogen-bond donors (Lipinski definition) is 1. The van der Waals surface area contributed by atoms with Crippen LogP contribution in [-0.4, -0.2) is 15.6 Å². The van der Waals surface area contributed by atoms with Crippen LogP contribution in [0.25, 0.3) is 0 Å². The molecule has 1 aromatic heterocycles. The zero-order chi connectivity index (χ0) is 12.5. The topological polar surface area (TPSA) is 29.9 Å². The Morgan fingerprint density at radius 2 is 2.29 bits per heavy atom. The minimum atomic E-state index is 0.505. The Morgan fingerprint density at radius 1 is 1.53 bits per heavy atom. The van der Waals surface area contributed by atoms with Gasteiger partial charge in [-0.1, -0.05) is 27.7 Å². The van der Waals surface area contributed by atoms with Gasteiger partial charge in [0, 0.05) is 24.8 Å². The SMILES string of the molecule is CC(C)NCc1cn(C2CCC(C)(C)C2)cn1. The molecular weight excluding hydrogens is 210 g/mol. The fourth-order valence-corrected chi connectivity index (χ4v) is 2.63. The quantitative estimate of drug-likeness (QED) is 0.869. The smallest absolute Gasteiger partial charge is 0.0952 e. The molecule has 1 saturated carbocycles. The molecule has 96 valence electrons. The van der Waals surface area contributed by atoms with Gasteiger partial charge >= 0.3 is 0 Å². The first-order valence-corrected chi connectivity index (χ1v) is 6.72. The molecule has 1 atom stereocenters. The molecular formula is C14H25N3. The molecule has 1 aromatic rings. The maximum atomic E-state index is 4.48. The zero-order valence-electron chi connectivity index (χ0n) is 11.5. The molecule has 0 radical (unpaired) electrons. The van der Waals surface area contributed by atoms with Gasteiger partial charge in [-0.25, -0.2) is 4.98 Å². The highest BCUT2D eigenvalue weighted by atomic mass is 15.1. The van der Waals surface area contributed by atoms with Gasteiger partial charge in [0.1, 0.15) is 0 Å². The number of nitrogens with one attached hydrogen (secondary N) is 1. The molecule has 1 unspecified atom stereocenters. The molecule has 0 amide bonds. The second-order valence-corrected chi connectivity index (χ2v) is 6.41. The average Bonchev–Trinajstić information content (AvgIpc) is 2.81. The summed E-state index contributed by atoms with van der Waals surface area (Å²) in [4.78, 5) is 4.48. The van der Waals surface area contributed by atoms with Gasteiger partial charge in [0.2, 0.25) is 0 Å². The van der Waals surface area contributed by atoms with E-state index >= 15 is 0 Å². The minimum absolute atomic E-state index is 0.505. The molecule has 0 spiro atoms. The molecule has 3 nitrogen and oxygen atoms in total. The van der Waals surface area contributed by atoms with E-state index in [0.29, 0.717) is 17.5 Å². The number of hydrogen-bond acceptors (Lipinski definition) is 2. The Balaban J connectivity index is 1.94. The fourth-order valence-electron chi connectivity index (χ4n) is 2.63. The lowest BCUT2D eigenvalue weighted by molar-refractivity contribution is 0.358. The first-order chi connectivity index (χ1) is 7.96. The maximum Gasteiger partial charge on any atom is 0.0952 e. The standard InChI is InChI=1S/C14H25N3/c1-11(2)15-8-12-9-17(10-16-12)13-5-6-14(3,4)7-13/h9-11,13,15H,5-8H2,1-4H3. The first kappa shape index (κ1) is 12.6. The summed E-state index contributed by atoms with van der Waals surface area (Å²) in [7, 11) is 0. The molecule has 3 heteroatoms. The van der Waals surface area contributed by atoms with E-state index in [0.717, 1.165) is 12.2 Å². The van der Waals surface area contributed by atoms with Gasteiger partial charge in [-0.05, 0) is 24.7 Å². The van der Waals surface area contributed by atoms with E-state index in [1.807, 2.05) is 6.33 Å². The van der Waals surface area contributed by atoms with E-state index in [2.05, 4.69) is 48.8 Å². The van der Waals surface area contributed by atoms with E-state index in [-0.39, 0.29) is 0 Å². The minimum Gasteiger partial charge on any atom is -0.334 e. The van der Waals surface area contributed by atoms with E-state index in [4.69, 9.17) is 0 Å². The third-order valence-electron chi connectivity index (χ3n) is 3.71.